The van der Waals surface area contributed by atoms with Crippen molar-refractivity contribution in [2.24, 2.45) is 5.73 Å². The van der Waals surface area contributed by atoms with Gasteiger partial charge in [-0.1, -0.05) is 54.6 Å². The topological polar surface area (TPSA) is 122 Å². The van der Waals surface area contributed by atoms with Gasteiger partial charge in [-0.25, -0.2) is 8.42 Å². The highest BCUT2D eigenvalue weighted by atomic mass is 32.2. The summed E-state index contributed by atoms with van der Waals surface area (Å²) >= 11 is 0. The fourth-order valence-electron chi connectivity index (χ4n) is 3.67. The average molecular weight is 463 g/mol. The van der Waals surface area contributed by atoms with Crippen LogP contribution in [0.5, 0.6) is 0 Å². The fourth-order valence-corrected chi connectivity index (χ4v) is 4.53. The van der Waals surface area contributed by atoms with E-state index in [-0.39, 0.29) is 11.6 Å². The van der Waals surface area contributed by atoms with Gasteiger partial charge >= 0.3 is 0 Å². The summed E-state index contributed by atoms with van der Waals surface area (Å²) in [6.07, 6.45) is 1.01. The van der Waals surface area contributed by atoms with Crippen LogP contribution in [-0.2, 0) is 19.6 Å². The molecule has 0 saturated heterocycles. The number of nitrogens with one attached hydrogen (secondary N) is 2. The fraction of sp³-hybridized carbons (Fsp3) is 0.0833. The number of hydrogen-bond donors (Lipinski definition) is 3. The molecule has 0 aromatic heterocycles. The summed E-state index contributed by atoms with van der Waals surface area (Å²) in [4.78, 5) is 24.4. The van der Waals surface area contributed by atoms with Crippen LogP contribution >= 0.6 is 0 Å². The highest BCUT2D eigenvalue weighted by Crippen LogP contribution is 2.37. The summed E-state index contributed by atoms with van der Waals surface area (Å²) in [5.74, 6) is -1.02. The summed E-state index contributed by atoms with van der Waals surface area (Å²) in [6, 6.07) is 23.3. The van der Waals surface area contributed by atoms with Gasteiger partial charge in [0.15, 0.2) is 0 Å². The molecule has 9 heteroatoms. The lowest BCUT2D eigenvalue weighted by atomic mass is 10.00. The molecule has 3 aromatic rings. The molecule has 4 N–H and O–H groups in total. The Hall–Kier alpha value is -4.11. The minimum absolute atomic E-state index is 0.245. The Labute approximate surface area is 191 Å². The molecule has 168 valence electrons. The van der Waals surface area contributed by atoms with Crippen molar-refractivity contribution < 1.29 is 18.0 Å². The van der Waals surface area contributed by atoms with E-state index in [0.717, 1.165) is 21.7 Å². The number of carbonyl (C=O) groups excluding carboxylic acids is 2. The average Bonchev–Trinajstić information content (AvgIpc) is 3.11. The molecule has 0 bridgehead atoms. The number of sulfonamides is 1. The Morgan fingerprint density at radius 2 is 1.70 bits per heavy atom. The minimum Gasteiger partial charge on any atom is -0.368 e. The summed E-state index contributed by atoms with van der Waals surface area (Å²) in [5, 5.41) is 6.17. The van der Waals surface area contributed by atoms with Crippen molar-refractivity contribution in [3.63, 3.8) is 0 Å². The van der Waals surface area contributed by atoms with Gasteiger partial charge in [-0.15, -0.1) is 0 Å². The number of carbonyl (C=O) groups is 2. The van der Waals surface area contributed by atoms with Crippen LogP contribution < -0.4 is 20.7 Å². The van der Waals surface area contributed by atoms with E-state index in [4.69, 9.17) is 5.73 Å². The molecule has 8 nitrogen and oxygen atoms in total. The SMILES string of the molecule is CS(=O)(=O)N(CC(N)=O)c1cccc(N/C(=C2\C(=O)Nc3ccccc32)c2ccccc2)c1. The molecule has 0 fully saturated rings. The van der Waals surface area contributed by atoms with E-state index in [2.05, 4.69) is 10.6 Å². The third-order valence-electron chi connectivity index (χ3n) is 5.09. The van der Waals surface area contributed by atoms with E-state index in [1.165, 1.54) is 0 Å². The van der Waals surface area contributed by atoms with Crippen molar-refractivity contribution in [3.8, 4) is 0 Å². The summed E-state index contributed by atoms with van der Waals surface area (Å²) in [5.41, 5.74) is 9.35. The lowest BCUT2D eigenvalue weighted by Crippen LogP contribution is -2.37. The molecule has 0 unspecified atom stereocenters. The highest BCUT2D eigenvalue weighted by Gasteiger charge is 2.28. The second kappa shape index (κ2) is 8.79. The number of nitrogens with two attached hydrogens (primary N) is 1. The smallest absolute Gasteiger partial charge is 0.258 e. The number of fused-ring (bicyclic) bond motifs is 1. The largest absolute Gasteiger partial charge is 0.368 e. The third-order valence-corrected chi connectivity index (χ3v) is 6.23. The number of nitrogens with zero attached hydrogens (tertiary/aromatic N) is 1. The molecule has 0 aliphatic carbocycles. The molecule has 0 atom stereocenters. The molecule has 2 amide bonds. The standard InChI is InChI=1S/C24H22N4O4S/c1-33(31,32)28(15-21(25)29)18-11-7-10-17(14-18)26-23(16-8-3-2-4-9-16)22-19-12-5-6-13-20(19)27-24(22)30/h2-14,26H,15H2,1H3,(H2,25,29)(H,27,30)/b23-22-. The van der Waals surface area contributed by atoms with Gasteiger partial charge in [0.1, 0.15) is 6.54 Å². The second-order valence-electron chi connectivity index (χ2n) is 7.53. The lowest BCUT2D eigenvalue weighted by Gasteiger charge is -2.22. The summed E-state index contributed by atoms with van der Waals surface area (Å²) < 4.78 is 25.4. The molecular formula is C24H22N4O4S. The Balaban J connectivity index is 1.82. The van der Waals surface area contributed by atoms with E-state index < -0.39 is 22.5 Å². The molecule has 0 radical (unpaired) electrons. The monoisotopic (exact) mass is 462 g/mol. The number of para-hydroxylation sites is 1. The Kier molecular flexibility index (Phi) is 5.89. The molecule has 1 aliphatic rings. The van der Waals surface area contributed by atoms with Gasteiger partial charge < -0.3 is 16.4 Å². The number of benzene rings is 3. The quantitative estimate of drug-likeness (QED) is 0.466. The predicted octanol–water partition coefficient (Wildman–Crippen LogP) is 2.87. The van der Waals surface area contributed by atoms with Crippen LogP contribution in [0.3, 0.4) is 0 Å². The first-order valence-electron chi connectivity index (χ1n) is 10.1. The molecular weight excluding hydrogens is 440 g/mol. The van der Waals surface area contributed by atoms with Crippen LogP contribution in [0.25, 0.3) is 11.3 Å². The van der Waals surface area contributed by atoms with E-state index in [9.17, 15) is 18.0 Å². The van der Waals surface area contributed by atoms with Crippen LogP contribution in [0.1, 0.15) is 11.1 Å². The molecule has 33 heavy (non-hydrogen) atoms. The van der Waals surface area contributed by atoms with Crippen molar-refractivity contribution in [3.05, 3.63) is 90.0 Å². The molecule has 4 rings (SSSR count). The number of amides is 2. The van der Waals surface area contributed by atoms with Gasteiger partial charge in [0.25, 0.3) is 5.91 Å². The van der Waals surface area contributed by atoms with Crippen molar-refractivity contribution in [2.75, 3.05) is 27.7 Å². The third kappa shape index (κ3) is 4.73. The zero-order chi connectivity index (χ0) is 23.6. The van der Waals surface area contributed by atoms with Gasteiger partial charge in [-0.2, -0.15) is 0 Å². The van der Waals surface area contributed by atoms with Crippen molar-refractivity contribution >= 4 is 50.2 Å². The minimum atomic E-state index is -3.75. The van der Waals surface area contributed by atoms with E-state index in [1.807, 2.05) is 54.6 Å². The van der Waals surface area contributed by atoms with Crippen LogP contribution in [-0.4, -0.2) is 33.0 Å². The zero-order valence-corrected chi connectivity index (χ0v) is 18.6. The molecule has 0 saturated carbocycles. The van der Waals surface area contributed by atoms with Gasteiger partial charge in [-0.3, -0.25) is 13.9 Å². The number of rotatable bonds is 7. The summed E-state index contributed by atoms with van der Waals surface area (Å²) in [6.45, 7) is -0.481. The van der Waals surface area contributed by atoms with Crippen LogP contribution in [0, 0.1) is 0 Å². The maximum atomic E-state index is 12.9. The van der Waals surface area contributed by atoms with Crippen molar-refractivity contribution in [2.45, 2.75) is 0 Å². The molecule has 1 heterocycles. The van der Waals surface area contributed by atoms with Crippen molar-refractivity contribution in [1.82, 2.24) is 0 Å². The first kappa shape index (κ1) is 22.1. The molecule has 3 aromatic carbocycles. The Morgan fingerprint density at radius 3 is 2.39 bits per heavy atom. The van der Waals surface area contributed by atoms with Gasteiger partial charge in [0, 0.05) is 16.9 Å². The normalized spacial score (nSPS) is 14.3. The van der Waals surface area contributed by atoms with Gasteiger partial charge in [0.05, 0.1) is 23.2 Å². The van der Waals surface area contributed by atoms with Crippen LogP contribution in [0.4, 0.5) is 17.1 Å². The lowest BCUT2D eigenvalue weighted by molar-refractivity contribution is -0.116. The second-order valence-corrected chi connectivity index (χ2v) is 9.43. The number of primary amides is 1. The maximum Gasteiger partial charge on any atom is 0.258 e. The number of anilines is 3. The van der Waals surface area contributed by atoms with Crippen LogP contribution in [0.2, 0.25) is 0 Å². The molecule has 0 spiro atoms. The van der Waals surface area contributed by atoms with Crippen molar-refractivity contribution in [1.29, 1.82) is 0 Å². The summed E-state index contributed by atoms with van der Waals surface area (Å²) in [7, 11) is -3.75. The first-order chi connectivity index (χ1) is 15.7. The zero-order valence-electron chi connectivity index (χ0n) is 17.8. The van der Waals surface area contributed by atoms with E-state index in [0.29, 0.717) is 22.6 Å². The highest BCUT2D eigenvalue weighted by molar-refractivity contribution is 7.92. The molecule has 1 aliphatic heterocycles. The van der Waals surface area contributed by atoms with Gasteiger partial charge in [0.2, 0.25) is 15.9 Å². The Bertz CT molecular complexity index is 1370. The first-order valence-corrected chi connectivity index (χ1v) is 11.9. The van der Waals surface area contributed by atoms with Crippen LogP contribution in [0.15, 0.2) is 78.9 Å². The maximum absolute atomic E-state index is 12.9. The predicted molar refractivity (Wildman–Crippen MR) is 130 cm³/mol. The van der Waals surface area contributed by atoms with Gasteiger partial charge in [-0.05, 0) is 29.8 Å². The number of hydrogen-bond acceptors (Lipinski definition) is 5. The Morgan fingerprint density at radius 1 is 1.00 bits per heavy atom. The van der Waals surface area contributed by atoms with E-state index in [1.54, 1.807) is 24.3 Å². The van der Waals surface area contributed by atoms with E-state index >= 15 is 0 Å².